The normalized spacial score (nSPS) is 10.6. The van der Waals surface area contributed by atoms with Gasteiger partial charge < -0.3 is 7.57 Å². The highest BCUT2D eigenvalue weighted by Crippen LogP contribution is 1.99. The molecule has 3 radical (unpaired) electrons. The van der Waals surface area contributed by atoms with Crippen molar-refractivity contribution >= 4 is 21.3 Å². The molecule has 0 aliphatic rings. The van der Waals surface area contributed by atoms with E-state index in [1.54, 1.807) is 0 Å². The predicted octanol–water partition coefficient (Wildman–Crippen LogP) is 0.806. The molecule has 1 atom stereocenters. The van der Waals surface area contributed by atoms with E-state index < -0.39 is 0 Å². The topological polar surface area (TPSA) is 0 Å². The smallest absolute Gasteiger partial charge is 0.0372 e. The van der Waals surface area contributed by atoms with Crippen LogP contribution < -0.4 is 5.30 Å². The Hall–Kier alpha value is -0.285. The summed E-state index contributed by atoms with van der Waals surface area (Å²) in [6.45, 7) is 0. The highest BCUT2D eigenvalue weighted by atomic mass is 31.1. The van der Waals surface area contributed by atoms with Crippen LogP contribution in [-0.4, -0.2) is 7.57 Å². The van der Waals surface area contributed by atoms with Crippen LogP contribution in [0.3, 0.4) is 0 Å². The fourth-order valence-corrected chi connectivity index (χ4v) is 1.01. The SMILES string of the molecule is [B-][PH2+]c1ccccc1. The van der Waals surface area contributed by atoms with Crippen molar-refractivity contribution in [1.82, 2.24) is 0 Å². The van der Waals surface area contributed by atoms with Gasteiger partial charge in [0.2, 0.25) is 0 Å². The molecule has 39 valence electrons. The van der Waals surface area contributed by atoms with Gasteiger partial charge in [0.05, 0.1) is 0 Å². The molecule has 0 saturated heterocycles. The third-order valence-corrected chi connectivity index (χ3v) is 1.76. The van der Waals surface area contributed by atoms with Crippen LogP contribution in [0.15, 0.2) is 30.3 Å². The van der Waals surface area contributed by atoms with Gasteiger partial charge in [0.25, 0.3) is 0 Å². The summed E-state index contributed by atoms with van der Waals surface area (Å²) in [5.74, 6) is 0. The zero-order valence-electron chi connectivity index (χ0n) is 4.54. The maximum atomic E-state index is 5.43. The van der Waals surface area contributed by atoms with E-state index >= 15 is 0 Å². The highest BCUT2D eigenvalue weighted by Gasteiger charge is 1.79. The second-order valence-electron chi connectivity index (χ2n) is 1.58. The van der Waals surface area contributed by atoms with Gasteiger partial charge in [-0.15, -0.1) is 0 Å². The first-order valence-electron chi connectivity index (χ1n) is 2.53. The lowest BCUT2D eigenvalue weighted by Crippen LogP contribution is -1.88. The summed E-state index contributed by atoms with van der Waals surface area (Å²) in [6.07, 6.45) is 0. The van der Waals surface area contributed by atoms with Gasteiger partial charge in [0, 0.05) is 5.30 Å². The summed E-state index contributed by atoms with van der Waals surface area (Å²) in [7, 11) is 5.44. The van der Waals surface area contributed by atoms with Crippen molar-refractivity contribution in [2.75, 3.05) is 0 Å². The van der Waals surface area contributed by atoms with Gasteiger partial charge in [-0.2, -0.15) is 0 Å². The van der Waals surface area contributed by atoms with Crippen molar-refractivity contribution in [2.24, 2.45) is 0 Å². The summed E-state index contributed by atoms with van der Waals surface area (Å²) in [5.41, 5.74) is 0. The molecule has 0 aliphatic carbocycles. The van der Waals surface area contributed by atoms with Gasteiger partial charge in [0.15, 0.2) is 0 Å². The molecule has 1 aromatic carbocycles. The molecule has 1 rings (SSSR count). The lowest BCUT2D eigenvalue weighted by atomic mass is 10.4. The Balaban J connectivity index is 2.83. The van der Waals surface area contributed by atoms with E-state index in [0.29, 0.717) is 0 Å². The van der Waals surface area contributed by atoms with Gasteiger partial charge in [-0.05, 0) is 12.1 Å². The molecular weight excluding hydrogens is 114 g/mol. The average Bonchev–Trinajstić information content (AvgIpc) is 1.90. The molecule has 2 heteroatoms. The average molecular weight is 121 g/mol. The van der Waals surface area contributed by atoms with Crippen LogP contribution in [0.5, 0.6) is 0 Å². The molecule has 1 unspecified atom stereocenters. The van der Waals surface area contributed by atoms with Crippen LogP contribution >= 0.6 is 8.46 Å². The molecule has 0 amide bonds. The third-order valence-electron chi connectivity index (χ3n) is 0.992. The molecular formula is C6H7BP. The van der Waals surface area contributed by atoms with E-state index in [1.807, 2.05) is 18.2 Å². The fourth-order valence-electron chi connectivity index (χ4n) is 0.564. The summed E-state index contributed by atoms with van der Waals surface area (Å²) >= 11 is 0. The largest absolute Gasteiger partial charge is 0.306 e. The maximum Gasteiger partial charge on any atom is 0.0372 e. The zero-order valence-corrected chi connectivity index (χ0v) is 5.70. The Morgan fingerprint density at radius 1 is 1.12 bits per heavy atom. The summed E-state index contributed by atoms with van der Waals surface area (Å²) < 4.78 is 0. The van der Waals surface area contributed by atoms with Gasteiger partial charge >= 0.3 is 0 Å². The summed E-state index contributed by atoms with van der Waals surface area (Å²) in [5, 5.41) is 1.27. The predicted molar refractivity (Wildman–Crippen MR) is 41.5 cm³/mol. The van der Waals surface area contributed by atoms with Gasteiger partial charge in [-0.25, -0.2) is 8.46 Å². The van der Waals surface area contributed by atoms with E-state index in [4.69, 9.17) is 7.57 Å². The quantitative estimate of drug-likeness (QED) is 0.380. The third kappa shape index (κ3) is 1.35. The van der Waals surface area contributed by atoms with Gasteiger partial charge in [0.1, 0.15) is 0 Å². The van der Waals surface area contributed by atoms with E-state index in [2.05, 4.69) is 12.1 Å². The zero-order chi connectivity index (χ0) is 5.82. The first-order chi connectivity index (χ1) is 3.93. The number of benzene rings is 1. The number of hydrogen-bond donors (Lipinski definition) is 0. The van der Waals surface area contributed by atoms with Crippen molar-refractivity contribution in [2.45, 2.75) is 0 Å². The molecule has 0 bridgehead atoms. The number of hydrogen-bond acceptors (Lipinski definition) is 0. The lowest BCUT2D eigenvalue weighted by Gasteiger charge is -1.92. The fraction of sp³-hybridized carbons (Fsp3) is 0. The van der Waals surface area contributed by atoms with Crippen LogP contribution in [0.2, 0.25) is 0 Å². The van der Waals surface area contributed by atoms with Crippen molar-refractivity contribution < 1.29 is 0 Å². The van der Waals surface area contributed by atoms with Crippen molar-refractivity contribution in [3.8, 4) is 0 Å². The minimum absolute atomic E-state index is 0.0106. The second-order valence-corrected chi connectivity index (χ2v) is 2.58. The highest BCUT2D eigenvalue weighted by molar-refractivity contribution is 7.73. The summed E-state index contributed by atoms with van der Waals surface area (Å²) in [6, 6.07) is 10.1. The van der Waals surface area contributed by atoms with Crippen LogP contribution in [-0.2, 0) is 0 Å². The van der Waals surface area contributed by atoms with Crippen LogP contribution in [0, 0.1) is 0 Å². The van der Waals surface area contributed by atoms with E-state index in [-0.39, 0.29) is 8.46 Å². The number of rotatable bonds is 1. The van der Waals surface area contributed by atoms with Crippen LogP contribution in [0.25, 0.3) is 0 Å². The second kappa shape index (κ2) is 2.89. The Labute approximate surface area is 52.5 Å². The van der Waals surface area contributed by atoms with E-state index in [9.17, 15) is 0 Å². The molecule has 0 aromatic heterocycles. The molecule has 0 fully saturated rings. The molecule has 0 spiro atoms. The van der Waals surface area contributed by atoms with E-state index in [0.717, 1.165) is 0 Å². The first kappa shape index (κ1) is 5.84. The minimum atomic E-state index is 0.0106. The molecule has 1 aromatic rings. The Kier molecular flexibility index (Phi) is 2.11. The Morgan fingerprint density at radius 2 is 1.75 bits per heavy atom. The molecule has 0 nitrogen and oxygen atoms in total. The molecule has 0 heterocycles. The molecule has 0 saturated carbocycles. The van der Waals surface area contributed by atoms with Crippen molar-refractivity contribution in [3.63, 3.8) is 0 Å². The standard InChI is InChI=1S/C6H7BP/c7-8-6-4-2-1-3-5-6/h1-5H,8H2. The van der Waals surface area contributed by atoms with Crippen LogP contribution in [0.4, 0.5) is 0 Å². The first-order valence-corrected chi connectivity index (χ1v) is 3.78. The monoisotopic (exact) mass is 121 g/mol. The van der Waals surface area contributed by atoms with Gasteiger partial charge in [-0.3, -0.25) is 0 Å². The molecule has 0 aliphatic heterocycles. The summed E-state index contributed by atoms with van der Waals surface area (Å²) in [4.78, 5) is 0. The minimum Gasteiger partial charge on any atom is -0.306 e. The Bertz CT molecular complexity index is 150. The maximum absolute atomic E-state index is 5.43. The van der Waals surface area contributed by atoms with Crippen molar-refractivity contribution in [1.29, 1.82) is 0 Å². The van der Waals surface area contributed by atoms with E-state index in [1.165, 1.54) is 5.30 Å². The van der Waals surface area contributed by atoms with Gasteiger partial charge in [-0.1, -0.05) is 18.2 Å². The van der Waals surface area contributed by atoms with Crippen LogP contribution in [0.1, 0.15) is 0 Å². The Morgan fingerprint density at radius 3 is 2.12 bits per heavy atom. The van der Waals surface area contributed by atoms with Crippen molar-refractivity contribution in [3.05, 3.63) is 30.3 Å². The molecule has 0 N–H and O–H groups in total. The lowest BCUT2D eigenvalue weighted by molar-refractivity contribution is 1.78. The molecule has 8 heavy (non-hydrogen) atoms.